The average molecular weight is 193 g/mol. The predicted molar refractivity (Wildman–Crippen MR) is 54.3 cm³/mol. The molecular weight excluding hydrogens is 178 g/mol. The van der Waals surface area contributed by atoms with E-state index in [1.807, 2.05) is 0 Å². The number of hydroxylamine groups is 1. The molecule has 1 aliphatic rings. The van der Waals surface area contributed by atoms with Gasteiger partial charge in [-0.2, -0.15) is 5.48 Å². The first-order valence-corrected chi connectivity index (χ1v) is 4.75. The Morgan fingerprint density at radius 1 is 1.43 bits per heavy atom. The van der Waals surface area contributed by atoms with E-state index in [9.17, 15) is 0 Å². The highest BCUT2D eigenvalue weighted by Gasteiger charge is 2.25. The first kappa shape index (κ1) is 9.49. The van der Waals surface area contributed by atoms with Crippen LogP contribution in [0.3, 0.4) is 0 Å². The highest BCUT2D eigenvalue weighted by Crippen LogP contribution is 2.36. The summed E-state index contributed by atoms with van der Waals surface area (Å²) in [5.74, 6) is 1.01. The van der Waals surface area contributed by atoms with Crippen LogP contribution in [-0.2, 0) is 4.84 Å². The van der Waals surface area contributed by atoms with Gasteiger partial charge in [-0.25, -0.2) is 0 Å². The van der Waals surface area contributed by atoms with Gasteiger partial charge in [0.25, 0.3) is 0 Å². The van der Waals surface area contributed by atoms with E-state index in [0.717, 1.165) is 5.75 Å². The molecule has 0 saturated heterocycles. The van der Waals surface area contributed by atoms with Crippen molar-refractivity contribution < 1.29 is 9.57 Å². The third-order valence-electron chi connectivity index (χ3n) is 2.74. The Morgan fingerprint density at radius 2 is 2.21 bits per heavy atom. The highest BCUT2D eigenvalue weighted by atomic mass is 16.6. The zero-order chi connectivity index (χ0) is 10.1. The summed E-state index contributed by atoms with van der Waals surface area (Å²) in [5, 5.41) is 0. The maximum Gasteiger partial charge on any atom is 0.127 e. The van der Waals surface area contributed by atoms with Crippen LogP contribution in [0.4, 0.5) is 0 Å². The second-order valence-electron chi connectivity index (χ2n) is 3.61. The zero-order valence-electron chi connectivity index (χ0n) is 8.76. The van der Waals surface area contributed by atoms with E-state index in [4.69, 9.17) is 9.57 Å². The summed E-state index contributed by atoms with van der Waals surface area (Å²) in [6.45, 7) is 4.83. The van der Waals surface area contributed by atoms with Crippen LogP contribution in [0.2, 0.25) is 0 Å². The molecule has 3 nitrogen and oxygen atoms in total. The Hall–Kier alpha value is -1.06. The summed E-state index contributed by atoms with van der Waals surface area (Å²) < 4.78 is 5.63. The van der Waals surface area contributed by atoms with E-state index in [1.54, 1.807) is 7.11 Å². The molecule has 1 aromatic rings. The van der Waals surface area contributed by atoms with Gasteiger partial charge in [-0.15, -0.1) is 0 Å². The number of hydrogen-bond donors (Lipinski definition) is 1. The van der Waals surface area contributed by atoms with E-state index in [-0.39, 0.29) is 6.04 Å². The lowest BCUT2D eigenvalue weighted by Crippen LogP contribution is -2.20. The van der Waals surface area contributed by atoms with Gasteiger partial charge in [-0.1, -0.05) is 12.1 Å². The molecule has 2 rings (SSSR count). The quantitative estimate of drug-likeness (QED) is 0.727. The second kappa shape index (κ2) is 3.59. The zero-order valence-corrected chi connectivity index (χ0v) is 8.76. The van der Waals surface area contributed by atoms with Crippen molar-refractivity contribution >= 4 is 0 Å². The summed E-state index contributed by atoms with van der Waals surface area (Å²) in [4.78, 5) is 4.92. The number of ether oxygens (including phenoxy) is 1. The van der Waals surface area contributed by atoms with Crippen molar-refractivity contribution in [2.45, 2.75) is 19.9 Å². The van der Waals surface area contributed by atoms with Crippen LogP contribution in [0.5, 0.6) is 5.75 Å². The minimum absolute atomic E-state index is 0.161. The molecule has 1 atom stereocenters. The molecule has 1 N–H and O–H groups in total. The Kier molecular flexibility index (Phi) is 2.44. The fourth-order valence-corrected chi connectivity index (χ4v) is 1.77. The van der Waals surface area contributed by atoms with Crippen LogP contribution in [-0.4, -0.2) is 13.7 Å². The van der Waals surface area contributed by atoms with E-state index < -0.39 is 0 Å². The monoisotopic (exact) mass is 193 g/mol. The summed E-state index contributed by atoms with van der Waals surface area (Å²) in [7, 11) is 1.62. The maximum absolute atomic E-state index is 5.63. The van der Waals surface area contributed by atoms with Gasteiger partial charge in [0.2, 0.25) is 0 Å². The van der Waals surface area contributed by atoms with Crippen molar-refractivity contribution in [3.05, 3.63) is 28.8 Å². The first-order chi connectivity index (χ1) is 6.74. The van der Waals surface area contributed by atoms with Gasteiger partial charge in [0.15, 0.2) is 0 Å². The van der Waals surface area contributed by atoms with Gasteiger partial charge in [-0.05, 0) is 25.0 Å². The van der Waals surface area contributed by atoms with Gasteiger partial charge >= 0.3 is 0 Å². The molecule has 0 aromatic heterocycles. The van der Waals surface area contributed by atoms with Crippen molar-refractivity contribution in [1.29, 1.82) is 0 Å². The predicted octanol–water partition coefficient (Wildman–Crippen LogP) is 1.89. The summed E-state index contributed by atoms with van der Waals surface area (Å²) in [5.41, 5.74) is 6.60. The third-order valence-corrected chi connectivity index (χ3v) is 2.74. The molecule has 14 heavy (non-hydrogen) atoms. The largest absolute Gasteiger partial charge is 0.491 e. The smallest absolute Gasteiger partial charge is 0.127 e. The van der Waals surface area contributed by atoms with E-state index in [0.29, 0.717) is 6.61 Å². The molecule has 76 valence electrons. The van der Waals surface area contributed by atoms with Crippen molar-refractivity contribution in [3.8, 4) is 5.75 Å². The normalized spacial score (nSPS) is 19.2. The number of benzene rings is 1. The molecular formula is C11H15NO2. The molecule has 0 fully saturated rings. The first-order valence-electron chi connectivity index (χ1n) is 4.75. The SMILES string of the molecule is CONC1COc2c1ccc(C)c2C. The van der Waals surface area contributed by atoms with E-state index >= 15 is 0 Å². The summed E-state index contributed by atoms with van der Waals surface area (Å²) in [6, 6.07) is 4.38. The van der Waals surface area contributed by atoms with Crippen LogP contribution >= 0.6 is 0 Å². The van der Waals surface area contributed by atoms with Crippen molar-refractivity contribution in [2.75, 3.05) is 13.7 Å². The van der Waals surface area contributed by atoms with Gasteiger partial charge in [0, 0.05) is 5.56 Å². The maximum atomic E-state index is 5.63. The molecule has 3 heteroatoms. The summed E-state index contributed by atoms with van der Waals surface area (Å²) in [6.07, 6.45) is 0. The average Bonchev–Trinajstić information content (AvgIpc) is 2.57. The van der Waals surface area contributed by atoms with Gasteiger partial charge in [0.1, 0.15) is 12.4 Å². The van der Waals surface area contributed by atoms with Crippen molar-refractivity contribution in [2.24, 2.45) is 0 Å². The van der Waals surface area contributed by atoms with Crippen LogP contribution in [0, 0.1) is 13.8 Å². The molecule has 1 unspecified atom stereocenters. The van der Waals surface area contributed by atoms with Crippen LogP contribution in [0.1, 0.15) is 22.7 Å². The highest BCUT2D eigenvalue weighted by molar-refractivity contribution is 5.48. The molecule has 0 spiro atoms. The number of fused-ring (bicyclic) bond motifs is 1. The fourth-order valence-electron chi connectivity index (χ4n) is 1.77. The molecule has 0 bridgehead atoms. The Bertz CT molecular complexity index is 349. The second-order valence-corrected chi connectivity index (χ2v) is 3.61. The number of aryl methyl sites for hydroxylation is 1. The number of nitrogens with one attached hydrogen (secondary N) is 1. The van der Waals surface area contributed by atoms with E-state index in [2.05, 4.69) is 31.5 Å². The van der Waals surface area contributed by atoms with Crippen LogP contribution in [0.25, 0.3) is 0 Å². The molecule has 0 amide bonds. The van der Waals surface area contributed by atoms with Crippen LogP contribution < -0.4 is 10.2 Å². The van der Waals surface area contributed by atoms with Crippen molar-refractivity contribution in [1.82, 2.24) is 5.48 Å². The van der Waals surface area contributed by atoms with E-state index in [1.165, 1.54) is 16.7 Å². The lowest BCUT2D eigenvalue weighted by atomic mass is 10.0. The Morgan fingerprint density at radius 3 is 2.93 bits per heavy atom. The molecule has 0 saturated carbocycles. The lowest BCUT2D eigenvalue weighted by Gasteiger charge is -2.09. The Balaban J connectivity index is 2.37. The minimum Gasteiger partial charge on any atom is -0.491 e. The molecule has 0 radical (unpaired) electrons. The summed E-state index contributed by atoms with van der Waals surface area (Å²) >= 11 is 0. The third kappa shape index (κ3) is 1.38. The molecule has 1 aromatic carbocycles. The minimum atomic E-state index is 0.161. The number of hydrogen-bond acceptors (Lipinski definition) is 3. The van der Waals surface area contributed by atoms with Gasteiger partial charge in [-0.3, -0.25) is 0 Å². The lowest BCUT2D eigenvalue weighted by molar-refractivity contribution is 0.0536. The molecule has 1 aliphatic heterocycles. The topological polar surface area (TPSA) is 30.5 Å². The van der Waals surface area contributed by atoms with Gasteiger partial charge in [0.05, 0.1) is 13.2 Å². The fraction of sp³-hybridized carbons (Fsp3) is 0.455. The molecule has 1 heterocycles. The van der Waals surface area contributed by atoms with Crippen molar-refractivity contribution in [3.63, 3.8) is 0 Å². The molecule has 0 aliphatic carbocycles. The standard InChI is InChI=1S/C11H15NO2/c1-7-4-5-9-10(12-13-3)6-14-11(9)8(7)2/h4-5,10,12H,6H2,1-3H3. The number of rotatable bonds is 2. The van der Waals surface area contributed by atoms with Crippen LogP contribution in [0.15, 0.2) is 12.1 Å². The van der Waals surface area contributed by atoms with Gasteiger partial charge < -0.3 is 9.57 Å². The Labute approximate surface area is 84.0 Å².